The second-order valence-electron chi connectivity index (χ2n) is 2.61. The first-order valence-corrected chi connectivity index (χ1v) is 4.85. The maximum Gasteiger partial charge on any atom is 0.312 e. The van der Waals surface area contributed by atoms with Crippen LogP contribution in [-0.4, -0.2) is 24.1 Å². The maximum atomic E-state index is 10.3. The van der Waals surface area contributed by atoms with Crippen molar-refractivity contribution in [1.29, 1.82) is 0 Å². The normalized spacial score (nSPS) is 9.50. The van der Waals surface area contributed by atoms with Gasteiger partial charge in [0.05, 0.1) is 11.9 Å². The van der Waals surface area contributed by atoms with E-state index in [9.17, 15) is 4.79 Å². The summed E-state index contributed by atoms with van der Waals surface area (Å²) in [7, 11) is 0. The number of aromatic nitrogens is 1. The van der Waals surface area contributed by atoms with E-state index in [-0.39, 0.29) is 0 Å². The predicted octanol–water partition coefficient (Wildman–Crippen LogP) is 0.924. The second-order valence-corrected chi connectivity index (χ2v) is 3.53. The zero-order valence-corrected chi connectivity index (χ0v) is 9.04. The number of hydrogen-bond donors (Lipinski definition) is 3. The fourth-order valence-corrected chi connectivity index (χ4v) is 1.27. The molecule has 0 saturated heterocycles. The third-order valence-corrected chi connectivity index (χ3v) is 1.89. The number of hydrogen-bond acceptors (Lipinski definition) is 3. The number of nitrogens with zero attached hydrogens (tertiary/aromatic N) is 1. The van der Waals surface area contributed by atoms with Gasteiger partial charge in [-0.15, -0.1) is 0 Å². The number of rotatable bonds is 4. The van der Waals surface area contributed by atoms with Crippen LogP contribution < -0.4 is 16.4 Å². The maximum absolute atomic E-state index is 10.3. The molecule has 1 aromatic rings. The second kappa shape index (κ2) is 5.43. The Morgan fingerprint density at radius 1 is 1.50 bits per heavy atom. The minimum Gasteiger partial charge on any atom is -0.382 e. The molecule has 1 aromatic heterocycles. The number of carbonyl (C=O) groups is 1. The topological polar surface area (TPSA) is 80.0 Å². The first kappa shape index (κ1) is 10.8. The van der Waals surface area contributed by atoms with Crippen LogP contribution in [0.5, 0.6) is 0 Å². The molecule has 4 N–H and O–H groups in total. The van der Waals surface area contributed by atoms with Crippen molar-refractivity contribution in [3.05, 3.63) is 22.9 Å². The summed E-state index contributed by atoms with van der Waals surface area (Å²) in [6.07, 6.45) is 3.40. The molecule has 1 rings (SSSR count). The molecule has 0 atom stereocenters. The summed E-state index contributed by atoms with van der Waals surface area (Å²) >= 11 is 3.30. The van der Waals surface area contributed by atoms with Gasteiger partial charge in [0.15, 0.2) is 0 Å². The molecular weight excluding hydrogens is 248 g/mol. The number of nitrogens with one attached hydrogen (secondary N) is 2. The van der Waals surface area contributed by atoms with Crippen LogP contribution >= 0.6 is 15.9 Å². The van der Waals surface area contributed by atoms with Gasteiger partial charge in [-0.2, -0.15) is 0 Å². The van der Waals surface area contributed by atoms with Gasteiger partial charge < -0.3 is 16.4 Å². The fourth-order valence-electron chi connectivity index (χ4n) is 0.901. The van der Waals surface area contributed by atoms with Crippen molar-refractivity contribution in [3.63, 3.8) is 0 Å². The Hall–Kier alpha value is -1.30. The third-order valence-electron chi connectivity index (χ3n) is 1.46. The molecule has 0 aliphatic rings. The Morgan fingerprint density at radius 2 is 2.29 bits per heavy atom. The average molecular weight is 259 g/mol. The van der Waals surface area contributed by atoms with E-state index in [2.05, 4.69) is 31.5 Å². The van der Waals surface area contributed by atoms with Crippen LogP contribution in [-0.2, 0) is 0 Å². The summed E-state index contributed by atoms with van der Waals surface area (Å²) in [5.41, 5.74) is 5.79. The van der Waals surface area contributed by atoms with Crippen LogP contribution in [0.25, 0.3) is 0 Å². The van der Waals surface area contributed by atoms with Crippen molar-refractivity contribution in [2.75, 3.05) is 18.4 Å². The van der Waals surface area contributed by atoms with Crippen LogP contribution in [0.4, 0.5) is 10.5 Å². The Labute approximate surface area is 90.2 Å². The molecule has 5 nitrogen and oxygen atoms in total. The van der Waals surface area contributed by atoms with Crippen molar-refractivity contribution in [1.82, 2.24) is 10.3 Å². The highest BCUT2D eigenvalue weighted by molar-refractivity contribution is 9.10. The molecule has 6 heteroatoms. The van der Waals surface area contributed by atoms with E-state index in [0.717, 1.165) is 10.2 Å². The quantitative estimate of drug-likeness (QED) is 0.703. The van der Waals surface area contributed by atoms with Gasteiger partial charge in [0.25, 0.3) is 0 Å². The van der Waals surface area contributed by atoms with Crippen molar-refractivity contribution < 1.29 is 4.79 Å². The van der Waals surface area contributed by atoms with Crippen molar-refractivity contribution in [2.24, 2.45) is 5.73 Å². The van der Waals surface area contributed by atoms with E-state index in [1.807, 2.05) is 6.07 Å². The Bertz CT molecular complexity index is 318. The lowest BCUT2D eigenvalue weighted by molar-refractivity contribution is 0.249. The smallest absolute Gasteiger partial charge is 0.312 e. The highest BCUT2D eigenvalue weighted by Crippen LogP contribution is 2.12. The number of pyridine rings is 1. The largest absolute Gasteiger partial charge is 0.382 e. The van der Waals surface area contributed by atoms with Gasteiger partial charge in [-0.25, -0.2) is 4.79 Å². The van der Waals surface area contributed by atoms with Crippen molar-refractivity contribution in [2.45, 2.75) is 0 Å². The molecule has 76 valence electrons. The summed E-state index contributed by atoms with van der Waals surface area (Å²) in [5.74, 6) is 0. The minimum absolute atomic E-state index is 0.488. The van der Waals surface area contributed by atoms with E-state index >= 15 is 0 Å². The number of urea groups is 1. The molecule has 0 unspecified atom stereocenters. The standard InChI is InChI=1S/C8H11BrN4O/c9-6-3-7(5-11-4-6)12-1-2-13-8(10)14/h3-5,12H,1-2H2,(H3,10,13,14). The van der Waals surface area contributed by atoms with Crippen LogP contribution in [0.3, 0.4) is 0 Å². The van der Waals surface area contributed by atoms with Gasteiger partial charge in [-0.3, -0.25) is 4.98 Å². The number of halogens is 1. The number of primary amides is 1. The number of amides is 2. The van der Waals surface area contributed by atoms with Crippen molar-refractivity contribution >= 4 is 27.6 Å². The van der Waals surface area contributed by atoms with E-state index in [1.165, 1.54) is 0 Å². The third kappa shape index (κ3) is 4.08. The summed E-state index contributed by atoms with van der Waals surface area (Å²) < 4.78 is 0.908. The summed E-state index contributed by atoms with van der Waals surface area (Å²) in [4.78, 5) is 14.3. The lowest BCUT2D eigenvalue weighted by atomic mass is 10.4. The highest BCUT2D eigenvalue weighted by Gasteiger charge is 1.94. The van der Waals surface area contributed by atoms with Crippen molar-refractivity contribution in [3.8, 4) is 0 Å². The molecule has 0 fully saturated rings. The summed E-state index contributed by atoms with van der Waals surface area (Å²) in [6, 6.07) is 1.39. The van der Waals surface area contributed by atoms with Crippen LogP contribution in [0.1, 0.15) is 0 Å². The van der Waals surface area contributed by atoms with Gasteiger partial charge in [-0.05, 0) is 22.0 Å². The molecule has 1 heterocycles. The fraction of sp³-hybridized carbons (Fsp3) is 0.250. The zero-order valence-electron chi connectivity index (χ0n) is 7.46. The predicted molar refractivity (Wildman–Crippen MR) is 58.0 cm³/mol. The van der Waals surface area contributed by atoms with E-state index in [0.29, 0.717) is 13.1 Å². The Morgan fingerprint density at radius 3 is 2.93 bits per heavy atom. The molecule has 0 radical (unpaired) electrons. The molecule has 0 aliphatic carbocycles. The number of anilines is 1. The van der Waals surface area contributed by atoms with Gasteiger partial charge in [-0.1, -0.05) is 0 Å². The van der Waals surface area contributed by atoms with Gasteiger partial charge in [0.1, 0.15) is 0 Å². The van der Waals surface area contributed by atoms with Crippen LogP contribution in [0, 0.1) is 0 Å². The molecule has 0 saturated carbocycles. The average Bonchev–Trinajstić information content (AvgIpc) is 2.12. The Balaban J connectivity index is 2.28. The SMILES string of the molecule is NC(=O)NCCNc1cncc(Br)c1. The molecule has 0 spiro atoms. The lowest BCUT2D eigenvalue weighted by Crippen LogP contribution is -2.33. The lowest BCUT2D eigenvalue weighted by Gasteiger charge is -2.05. The molecule has 0 bridgehead atoms. The molecule has 14 heavy (non-hydrogen) atoms. The highest BCUT2D eigenvalue weighted by atomic mass is 79.9. The van der Waals surface area contributed by atoms with Crippen LogP contribution in [0.15, 0.2) is 22.9 Å². The van der Waals surface area contributed by atoms with E-state index in [1.54, 1.807) is 12.4 Å². The van der Waals surface area contributed by atoms with Gasteiger partial charge in [0, 0.05) is 23.8 Å². The summed E-state index contributed by atoms with van der Waals surface area (Å²) in [6.45, 7) is 1.10. The number of carbonyl (C=O) groups excluding carboxylic acids is 1. The minimum atomic E-state index is -0.515. The monoisotopic (exact) mass is 258 g/mol. The Kier molecular flexibility index (Phi) is 4.18. The molecule has 2 amide bonds. The first-order valence-electron chi connectivity index (χ1n) is 4.06. The summed E-state index contributed by atoms with van der Waals surface area (Å²) in [5, 5.41) is 5.55. The van der Waals surface area contributed by atoms with Crippen LogP contribution in [0.2, 0.25) is 0 Å². The van der Waals surface area contributed by atoms with E-state index < -0.39 is 6.03 Å². The zero-order chi connectivity index (χ0) is 10.4. The first-order chi connectivity index (χ1) is 6.68. The van der Waals surface area contributed by atoms with E-state index in [4.69, 9.17) is 5.73 Å². The molecule has 0 aromatic carbocycles. The van der Waals surface area contributed by atoms with Gasteiger partial charge in [0.2, 0.25) is 0 Å². The van der Waals surface area contributed by atoms with Gasteiger partial charge >= 0.3 is 6.03 Å². The molecular formula is C8H11BrN4O. The molecule has 0 aliphatic heterocycles. The number of nitrogens with two attached hydrogens (primary N) is 1.